The molecule has 0 atom stereocenters. The Hall–Kier alpha value is -2.98. The number of hydrogen-bond acceptors (Lipinski definition) is 8. The highest BCUT2D eigenvalue weighted by Crippen LogP contribution is 2.28. The van der Waals surface area contributed by atoms with Crippen LogP contribution in [-0.4, -0.2) is 45.7 Å². The molecule has 0 saturated carbocycles. The molecule has 4 rings (SSSR count). The fourth-order valence-corrected chi connectivity index (χ4v) is 4.70. The molecule has 32 heavy (non-hydrogen) atoms. The standard InChI is InChI=1S/C22H24N4O4S2/c27-20(29-13-18-11-23-15-31-18)25-22(10-17-4-2-1-3-5-17)6-8-26(9-7-22)21(28)30-14-19-12-24-16-32-19/h1-5,11-12,15-16H,6-10,13-14H2,(H,25,27). The smallest absolute Gasteiger partial charge is 0.410 e. The van der Waals surface area contributed by atoms with E-state index >= 15 is 0 Å². The van der Waals surface area contributed by atoms with Crippen molar-refractivity contribution in [3.8, 4) is 0 Å². The van der Waals surface area contributed by atoms with Gasteiger partial charge in [0, 0.05) is 25.5 Å². The molecular formula is C22H24N4O4S2. The van der Waals surface area contributed by atoms with Gasteiger partial charge in [-0.15, -0.1) is 22.7 Å². The van der Waals surface area contributed by atoms with Gasteiger partial charge in [-0.2, -0.15) is 0 Å². The van der Waals surface area contributed by atoms with Gasteiger partial charge in [0.05, 0.1) is 26.3 Å². The third-order valence-electron chi connectivity index (χ3n) is 5.38. The maximum absolute atomic E-state index is 12.6. The first-order valence-corrected chi connectivity index (χ1v) is 12.0. The van der Waals surface area contributed by atoms with E-state index in [-0.39, 0.29) is 19.3 Å². The Balaban J connectivity index is 1.36. The van der Waals surface area contributed by atoms with Gasteiger partial charge in [-0.05, 0) is 24.8 Å². The average Bonchev–Trinajstić information content (AvgIpc) is 3.51. The number of hydrogen-bond donors (Lipinski definition) is 1. The number of ether oxygens (including phenoxy) is 2. The molecule has 168 valence electrons. The van der Waals surface area contributed by atoms with Crippen molar-refractivity contribution < 1.29 is 19.1 Å². The van der Waals surface area contributed by atoms with Crippen LogP contribution in [0.5, 0.6) is 0 Å². The highest BCUT2D eigenvalue weighted by atomic mass is 32.1. The summed E-state index contributed by atoms with van der Waals surface area (Å²) in [4.78, 5) is 36.5. The first-order chi connectivity index (χ1) is 15.6. The Labute approximate surface area is 194 Å². The fourth-order valence-electron chi connectivity index (χ4n) is 3.69. The minimum absolute atomic E-state index is 0.188. The number of carbonyl (C=O) groups excluding carboxylic acids is 2. The molecule has 1 aliphatic heterocycles. The Morgan fingerprint density at radius 2 is 1.59 bits per heavy atom. The first-order valence-electron chi connectivity index (χ1n) is 10.3. The molecule has 0 unspecified atom stereocenters. The molecule has 0 radical (unpaired) electrons. The lowest BCUT2D eigenvalue weighted by Gasteiger charge is -2.41. The molecule has 1 N–H and O–H groups in total. The molecule has 8 nitrogen and oxygen atoms in total. The number of thiazole rings is 2. The van der Waals surface area contributed by atoms with Crippen molar-refractivity contribution in [2.45, 2.75) is 38.0 Å². The maximum Gasteiger partial charge on any atom is 0.410 e. The van der Waals surface area contributed by atoms with Crippen molar-refractivity contribution in [2.24, 2.45) is 0 Å². The average molecular weight is 473 g/mol. The van der Waals surface area contributed by atoms with Crippen LogP contribution in [-0.2, 0) is 29.1 Å². The van der Waals surface area contributed by atoms with Crippen LogP contribution in [0.2, 0.25) is 0 Å². The summed E-state index contributed by atoms with van der Waals surface area (Å²) < 4.78 is 10.8. The van der Waals surface area contributed by atoms with E-state index in [4.69, 9.17) is 9.47 Å². The van der Waals surface area contributed by atoms with E-state index in [1.165, 1.54) is 22.7 Å². The van der Waals surface area contributed by atoms with Gasteiger partial charge >= 0.3 is 12.2 Å². The molecule has 1 saturated heterocycles. The van der Waals surface area contributed by atoms with E-state index in [0.717, 1.165) is 15.3 Å². The predicted octanol–water partition coefficient (Wildman–Crippen LogP) is 4.24. The third kappa shape index (κ3) is 6.04. The van der Waals surface area contributed by atoms with Gasteiger partial charge in [0.15, 0.2) is 0 Å². The zero-order chi connectivity index (χ0) is 22.2. The number of piperidine rings is 1. The summed E-state index contributed by atoms with van der Waals surface area (Å²) in [6, 6.07) is 10.0. The number of amides is 2. The van der Waals surface area contributed by atoms with Crippen LogP contribution in [0.4, 0.5) is 9.59 Å². The van der Waals surface area contributed by atoms with Crippen molar-refractivity contribution in [1.82, 2.24) is 20.2 Å². The Morgan fingerprint density at radius 3 is 2.19 bits per heavy atom. The molecule has 0 spiro atoms. The van der Waals surface area contributed by atoms with Crippen LogP contribution in [0.25, 0.3) is 0 Å². The number of likely N-dealkylation sites (tertiary alicyclic amines) is 1. The summed E-state index contributed by atoms with van der Waals surface area (Å²) in [6.07, 6.45) is 4.44. The van der Waals surface area contributed by atoms with Gasteiger partial charge < -0.3 is 19.7 Å². The van der Waals surface area contributed by atoms with Gasteiger partial charge in [-0.1, -0.05) is 30.3 Å². The van der Waals surface area contributed by atoms with E-state index in [0.29, 0.717) is 32.4 Å². The molecule has 0 bridgehead atoms. The van der Waals surface area contributed by atoms with Gasteiger partial charge in [-0.3, -0.25) is 9.97 Å². The van der Waals surface area contributed by atoms with Crippen molar-refractivity contribution >= 4 is 34.9 Å². The minimum Gasteiger partial charge on any atom is -0.444 e. The number of aromatic nitrogens is 2. The molecule has 3 aromatic rings. The Bertz CT molecular complexity index is 988. The van der Waals surface area contributed by atoms with Crippen LogP contribution >= 0.6 is 22.7 Å². The molecule has 1 fully saturated rings. The second-order valence-corrected chi connectivity index (χ2v) is 9.56. The topological polar surface area (TPSA) is 93.7 Å². The number of carbonyl (C=O) groups is 2. The Kier molecular flexibility index (Phi) is 7.33. The minimum atomic E-state index is -0.499. The zero-order valence-electron chi connectivity index (χ0n) is 17.4. The van der Waals surface area contributed by atoms with Crippen molar-refractivity contribution in [1.29, 1.82) is 0 Å². The van der Waals surface area contributed by atoms with Gasteiger partial charge in [0.2, 0.25) is 0 Å². The van der Waals surface area contributed by atoms with Crippen LogP contribution in [0.1, 0.15) is 28.2 Å². The van der Waals surface area contributed by atoms with Gasteiger partial charge in [0.25, 0.3) is 0 Å². The summed E-state index contributed by atoms with van der Waals surface area (Å²) in [5, 5.41) is 3.09. The molecule has 3 heterocycles. The van der Waals surface area contributed by atoms with E-state index in [9.17, 15) is 9.59 Å². The quantitative estimate of drug-likeness (QED) is 0.553. The Morgan fingerprint density at radius 1 is 0.969 bits per heavy atom. The SMILES string of the molecule is O=C(NC1(Cc2ccccc2)CCN(C(=O)OCc2cncs2)CC1)OCc1cncs1. The number of nitrogens with zero attached hydrogens (tertiary/aromatic N) is 3. The molecular weight excluding hydrogens is 448 g/mol. The second-order valence-electron chi connectivity index (χ2n) is 7.62. The second kappa shape index (κ2) is 10.6. The van der Waals surface area contributed by atoms with Crippen molar-refractivity contribution in [3.05, 3.63) is 69.1 Å². The predicted molar refractivity (Wildman–Crippen MR) is 121 cm³/mol. The lowest BCUT2D eigenvalue weighted by Crippen LogP contribution is -2.57. The molecule has 1 aromatic carbocycles. The molecule has 10 heteroatoms. The third-order valence-corrected chi connectivity index (χ3v) is 6.89. The van der Waals surface area contributed by atoms with Gasteiger partial charge in [-0.25, -0.2) is 9.59 Å². The summed E-state index contributed by atoms with van der Waals surface area (Å²) in [6.45, 7) is 1.39. The summed E-state index contributed by atoms with van der Waals surface area (Å²) in [5.74, 6) is 0. The summed E-state index contributed by atoms with van der Waals surface area (Å²) >= 11 is 2.89. The highest BCUT2D eigenvalue weighted by Gasteiger charge is 2.38. The lowest BCUT2D eigenvalue weighted by atomic mass is 9.82. The number of alkyl carbamates (subject to hydrolysis) is 1. The number of benzene rings is 1. The number of nitrogens with one attached hydrogen (secondary N) is 1. The van der Waals surface area contributed by atoms with Crippen LogP contribution in [0.15, 0.2) is 53.7 Å². The van der Waals surface area contributed by atoms with Crippen molar-refractivity contribution in [2.75, 3.05) is 13.1 Å². The fraction of sp³-hybridized carbons (Fsp3) is 0.364. The van der Waals surface area contributed by atoms with Crippen LogP contribution in [0.3, 0.4) is 0 Å². The van der Waals surface area contributed by atoms with E-state index in [2.05, 4.69) is 15.3 Å². The molecule has 1 aliphatic rings. The van der Waals surface area contributed by atoms with Gasteiger partial charge in [0.1, 0.15) is 13.2 Å². The number of rotatable bonds is 7. The normalized spacial score (nSPS) is 15.2. The van der Waals surface area contributed by atoms with E-state index in [1.54, 1.807) is 28.3 Å². The summed E-state index contributed by atoms with van der Waals surface area (Å²) in [7, 11) is 0. The first kappa shape index (κ1) is 22.2. The monoisotopic (exact) mass is 472 g/mol. The van der Waals surface area contributed by atoms with Crippen molar-refractivity contribution in [3.63, 3.8) is 0 Å². The largest absolute Gasteiger partial charge is 0.444 e. The molecule has 0 aliphatic carbocycles. The van der Waals surface area contributed by atoms with Crippen LogP contribution < -0.4 is 5.32 Å². The van der Waals surface area contributed by atoms with Crippen LogP contribution in [0, 0.1) is 0 Å². The van der Waals surface area contributed by atoms with E-state index < -0.39 is 11.6 Å². The lowest BCUT2D eigenvalue weighted by molar-refractivity contribution is 0.0688. The summed E-state index contributed by atoms with van der Waals surface area (Å²) in [5.41, 5.74) is 4.04. The molecule has 2 amide bonds. The van der Waals surface area contributed by atoms with E-state index in [1.807, 2.05) is 30.3 Å². The molecule has 2 aromatic heterocycles. The highest BCUT2D eigenvalue weighted by molar-refractivity contribution is 7.09. The maximum atomic E-state index is 12.6. The zero-order valence-corrected chi connectivity index (χ0v) is 19.1.